The Morgan fingerprint density at radius 1 is 1.21 bits per heavy atom. The van der Waals surface area contributed by atoms with Crippen LogP contribution in [0.3, 0.4) is 0 Å². The number of ether oxygens (including phenoxy) is 2. The molecule has 3 nitrogen and oxygen atoms in total. The number of methoxy groups -OCH3 is 2. The molecule has 0 aromatic heterocycles. The van der Waals surface area contributed by atoms with Gasteiger partial charge in [0.15, 0.2) is 0 Å². The van der Waals surface area contributed by atoms with Gasteiger partial charge in [-0.05, 0) is 17.5 Å². The molecule has 4 heteroatoms. The predicted molar refractivity (Wildman–Crippen MR) is 80.0 cm³/mol. The maximum Gasteiger partial charge on any atom is 0.0587 e. The van der Waals surface area contributed by atoms with Crippen LogP contribution < -0.4 is 5.32 Å². The molecule has 0 aliphatic heterocycles. The monoisotopic (exact) mass is 285 g/mol. The zero-order valence-corrected chi connectivity index (χ0v) is 12.7. The predicted octanol–water partition coefficient (Wildman–Crippen LogP) is 2.94. The molecule has 0 aliphatic carbocycles. The van der Waals surface area contributed by atoms with E-state index in [0.717, 1.165) is 24.7 Å². The van der Waals surface area contributed by atoms with Crippen molar-refractivity contribution in [2.75, 3.05) is 40.5 Å². The fraction of sp³-hybridized carbons (Fsp3) is 0.600. The van der Waals surface area contributed by atoms with Crippen LogP contribution in [0.2, 0.25) is 5.02 Å². The third-order valence-electron chi connectivity index (χ3n) is 3.27. The van der Waals surface area contributed by atoms with Crippen molar-refractivity contribution in [1.82, 2.24) is 5.32 Å². The largest absolute Gasteiger partial charge is 0.384 e. The third kappa shape index (κ3) is 5.49. The van der Waals surface area contributed by atoms with Crippen LogP contribution in [-0.2, 0) is 9.47 Å². The maximum atomic E-state index is 6.31. The highest BCUT2D eigenvalue weighted by Crippen LogP contribution is 2.30. The Balaban J connectivity index is 2.71. The summed E-state index contributed by atoms with van der Waals surface area (Å²) in [6.07, 6.45) is 0. The third-order valence-corrected chi connectivity index (χ3v) is 3.61. The molecule has 2 atom stereocenters. The van der Waals surface area contributed by atoms with E-state index in [1.807, 2.05) is 18.2 Å². The molecule has 2 unspecified atom stereocenters. The van der Waals surface area contributed by atoms with Crippen LogP contribution in [0.15, 0.2) is 24.3 Å². The average molecular weight is 286 g/mol. The average Bonchev–Trinajstić information content (AvgIpc) is 2.40. The summed E-state index contributed by atoms with van der Waals surface area (Å²) in [4.78, 5) is 0. The van der Waals surface area contributed by atoms with Crippen LogP contribution in [0.25, 0.3) is 0 Å². The smallest absolute Gasteiger partial charge is 0.0587 e. The number of halogens is 1. The van der Waals surface area contributed by atoms with Crippen molar-refractivity contribution in [3.05, 3.63) is 34.9 Å². The van der Waals surface area contributed by atoms with E-state index in [2.05, 4.69) is 18.3 Å². The SMILES string of the molecule is COCCNCC(c1ccccc1Cl)C(C)COC. The summed E-state index contributed by atoms with van der Waals surface area (Å²) in [7, 11) is 3.44. The molecule has 1 rings (SSSR count). The summed E-state index contributed by atoms with van der Waals surface area (Å²) in [5.41, 5.74) is 1.18. The Hall–Kier alpha value is -0.610. The first-order valence-electron chi connectivity index (χ1n) is 6.63. The number of benzene rings is 1. The fourth-order valence-electron chi connectivity index (χ4n) is 2.20. The summed E-state index contributed by atoms with van der Waals surface area (Å²) in [5.74, 6) is 0.741. The van der Waals surface area contributed by atoms with Crippen molar-refractivity contribution >= 4 is 11.6 Å². The lowest BCUT2D eigenvalue weighted by Gasteiger charge is -2.25. The first-order valence-corrected chi connectivity index (χ1v) is 7.01. The van der Waals surface area contributed by atoms with E-state index in [1.54, 1.807) is 14.2 Å². The van der Waals surface area contributed by atoms with Gasteiger partial charge in [0.2, 0.25) is 0 Å². The molecule has 19 heavy (non-hydrogen) atoms. The van der Waals surface area contributed by atoms with E-state index in [-0.39, 0.29) is 0 Å². The van der Waals surface area contributed by atoms with Crippen molar-refractivity contribution in [2.24, 2.45) is 5.92 Å². The van der Waals surface area contributed by atoms with Crippen LogP contribution >= 0.6 is 11.6 Å². The highest BCUT2D eigenvalue weighted by Gasteiger charge is 2.21. The highest BCUT2D eigenvalue weighted by molar-refractivity contribution is 6.31. The van der Waals surface area contributed by atoms with Gasteiger partial charge in [0.1, 0.15) is 0 Å². The molecule has 0 fully saturated rings. The Bertz CT molecular complexity index is 360. The second-order valence-corrected chi connectivity index (χ2v) is 5.16. The topological polar surface area (TPSA) is 30.5 Å². The second kappa shape index (κ2) is 9.32. The fourth-order valence-corrected chi connectivity index (χ4v) is 2.48. The molecule has 1 aromatic rings. The van der Waals surface area contributed by atoms with Crippen molar-refractivity contribution < 1.29 is 9.47 Å². The van der Waals surface area contributed by atoms with Gasteiger partial charge in [-0.1, -0.05) is 36.7 Å². The van der Waals surface area contributed by atoms with Crippen LogP contribution in [0.5, 0.6) is 0 Å². The van der Waals surface area contributed by atoms with Crippen molar-refractivity contribution in [3.8, 4) is 0 Å². The van der Waals surface area contributed by atoms with Crippen LogP contribution in [-0.4, -0.2) is 40.5 Å². The molecule has 0 saturated carbocycles. The van der Waals surface area contributed by atoms with Gasteiger partial charge in [-0.25, -0.2) is 0 Å². The summed E-state index contributed by atoms with van der Waals surface area (Å²) < 4.78 is 10.3. The Labute approximate surface area is 121 Å². The number of nitrogens with one attached hydrogen (secondary N) is 1. The number of hydrogen-bond donors (Lipinski definition) is 1. The number of rotatable bonds is 9. The van der Waals surface area contributed by atoms with Gasteiger partial charge in [0.25, 0.3) is 0 Å². The molecule has 1 aromatic carbocycles. The lowest BCUT2D eigenvalue weighted by Crippen LogP contribution is -2.29. The number of hydrogen-bond acceptors (Lipinski definition) is 3. The molecule has 108 valence electrons. The molecule has 0 bridgehead atoms. The van der Waals surface area contributed by atoms with E-state index in [0.29, 0.717) is 18.4 Å². The van der Waals surface area contributed by atoms with Crippen LogP contribution in [0, 0.1) is 5.92 Å². The maximum absolute atomic E-state index is 6.31. The first kappa shape index (κ1) is 16.4. The zero-order chi connectivity index (χ0) is 14.1. The Morgan fingerprint density at radius 3 is 2.58 bits per heavy atom. The van der Waals surface area contributed by atoms with Gasteiger partial charge in [0, 0.05) is 44.9 Å². The first-order chi connectivity index (χ1) is 9.20. The molecule has 0 radical (unpaired) electrons. The minimum Gasteiger partial charge on any atom is -0.384 e. The summed E-state index contributed by atoms with van der Waals surface area (Å²) in [5, 5.41) is 4.24. The molecule has 0 saturated heterocycles. The Morgan fingerprint density at radius 2 is 1.95 bits per heavy atom. The molecule has 0 amide bonds. The zero-order valence-electron chi connectivity index (χ0n) is 12.0. The standard InChI is InChI=1S/C15H24ClNO2/c1-12(11-19-3)14(10-17-8-9-18-2)13-6-4-5-7-15(13)16/h4-7,12,14,17H,8-11H2,1-3H3. The minimum absolute atomic E-state index is 0.338. The lowest BCUT2D eigenvalue weighted by atomic mass is 9.87. The molecule has 0 heterocycles. The van der Waals surface area contributed by atoms with Crippen LogP contribution in [0.1, 0.15) is 18.4 Å². The van der Waals surface area contributed by atoms with Gasteiger partial charge in [-0.15, -0.1) is 0 Å². The van der Waals surface area contributed by atoms with Gasteiger partial charge < -0.3 is 14.8 Å². The van der Waals surface area contributed by atoms with Crippen molar-refractivity contribution in [2.45, 2.75) is 12.8 Å². The lowest BCUT2D eigenvalue weighted by molar-refractivity contribution is 0.144. The summed E-state index contributed by atoms with van der Waals surface area (Å²) in [6.45, 7) is 5.35. The van der Waals surface area contributed by atoms with E-state index >= 15 is 0 Å². The molecule has 0 spiro atoms. The van der Waals surface area contributed by atoms with Gasteiger partial charge in [0.05, 0.1) is 6.61 Å². The van der Waals surface area contributed by atoms with E-state index < -0.39 is 0 Å². The summed E-state index contributed by atoms with van der Waals surface area (Å²) in [6, 6.07) is 8.03. The van der Waals surface area contributed by atoms with Gasteiger partial charge in [-0.2, -0.15) is 0 Å². The Kier molecular flexibility index (Phi) is 8.07. The minimum atomic E-state index is 0.338. The molecule has 1 N–H and O–H groups in total. The van der Waals surface area contributed by atoms with Gasteiger partial charge >= 0.3 is 0 Å². The second-order valence-electron chi connectivity index (χ2n) is 4.76. The van der Waals surface area contributed by atoms with E-state index in [1.165, 1.54) is 5.56 Å². The van der Waals surface area contributed by atoms with Gasteiger partial charge in [-0.3, -0.25) is 0 Å². The molecular weight excluding hydrogens is 262 g/mol. The van der Waals surface area contributed by atoms with Crippen molar-refractivity contribution in [3.63, 3.8) is 0 Å². The van der Waals surface area contributed by atoms with Crippen LogP contribution in [0.4, 0.5) is 0 Å². The van der Waals surface area contributed by atoms with Crippen molar-refractivity contribution in [1.29, 1.82) is 0 Å². The molecule has 0 aliphatic rings. The van der Waals surface area contributed by atoms with E-state index in [4.69, 9.17) is 21.1 Å². The molecular formula is C15H24ClNO2. The summed E-state index contributed by atoms with van der Waals surface area (Å²) >= 11 is 6.31. The highest BCUT2D eigenvalue weighted by atomic mass is 35.5. The normalized spacial score (nSPS) is 14.3. The quantitative estimate of drug-likeness (QED) is 0.708. The van der Waals surface area contributed by atoms with E-state index in [9.17, 15) is 0 Å².